The summed E-state index contributed by atoms with van der Waals surface area (Å²) in [6.07, 6.45) is -0.954. The molecule has 0 saturated carbocycles. The van der Waals surface area contributed by atoms with Crippen molar-refractivity contribution in [3.05, 3.63) is 0 Å². The molecule has 59 valence electrons. The summed E-state index contributed by atoms with van der Waals surface area (Å²) in [7, 11) is 0. The zero-order valence-corrected chi connectivity index (χ0v) is 9.60. The molecule has 0 aliphatic carbocycles. The molecule has 0 spiro atoms. The second-order valence-electron chi connectivity index (χ2n) is 1.02. The first-order valence-electron chi connectivity index (χ1n) is 1.88. The first-order valence-corrected chi connectivity index (χ1v) is 2.21. The molecule has 0 rings (SSSR count). The minimum atomic E-state index is -0.954. The number of hydrogen-bond donors (Lipinski definition) is 4. The molecule has 0 aliphatic rings. The van der Waals surface area contributed by atoms with Crippen molar-refractivity contribution in [1.29, 1.82) is 0 Å². The van der Waals surface area contributed by atoms with Crippen LogP contribution in [0.3, 0.4) is 0 Å². The fourth-order valence-electron chi connectivity index (χ4n) is 0.0577. The van der Waals surface area contributed by atoms with Crippen LogP contribution in [-0.4, -0.2) is 56.7 Å². The standard InChI is InChI=1S/C3H8O3.Al.ClHO.Zr/c4-1-3(6)2-5;;1-2;/h3-6H,1-2H2;;2H;. The molecule has 0 aromatic heterocycles. The summed E-state index contributed by atoms with van der Waals surface area (Å²) in [5.41, 5.74) is 0. The number of hydrogen-bond acceptors (Lipinski definition) is 4. The predicted octanol–water partition coefficient (Wildman–Crippen LogP) is -1.92. The monoisotopic (exact) mass is 261 g/mol. The van der Waals surface area contributed by atoms with Gasteiger partial charge in [0.05, 0.1) is 25.1 Å². The summed E-state index contributed by atoms with van der Waals surface area (Å²) >= 11 is 3.64. The van der Waals surface area contributed by atoms with Crippen molar-refractivity contribution in [2.45, 2.75) is 6.10 Å². The van der Waals surface area contributed by atoms with Gasteiger partial charge in [-0.2, -0.15) is 0 Å². The number of aliphatic hydroxyl groups excluding tert-OH is 3. The van der Waals surface area contributed by atoms with Gasteiger partial charge >= 0.3 is 0 Å². The Labute approximate surface area is 94.2 Å². The average Bonchev–Trinajstić information content (AvgIpc) is 1.91. The van der Waals surface area contributed by atoms with E-state index in [2.05, 4.69) is 11.9 Å². The third kappa shape index (κ3) is 22.7. The molecule has 0 aliphatic heterocycles. The van der Waals surface area contributed by atoms with E-state index in [9.17, 15) is 0 Å². The maximum absolute atomic E-state index is 8.17. The molecule has 7 heteroatoms. The molecule has 0 atom stereocenters. The molecule has 0 saturated heterocycles. The van der Waals surface area contributed by atoms with Gasteiger partial charge in [0.1, 0.15) is 6.10 Å². The van der Waals surface area contributed by atoms with Gasteiger partial charge in [0.15, 0.2) is 0 Å². The maximum atomic E-state index is 8.17. The molecule has 0 heterocycles. The number of halogens is 1. The molecule has 0 aromatic rings. The molecule has 0 bridgehead atoms. The summed E-state index contributed by atoms with van der Waals surface area (Å²) in [6.45, 7) is -0.729. The van der Waals surface area contributed by atoms with E-state index in [1.165, 1.54) is 0 Å². The molecule has 0 aromatic carbocycles. The minimum Gasteiger partial charge on any atom is -0.394 e. The van der Waals surface area contributed by atoms with Crippen LogP contribution in [0.1, 0.15) is 0 Å². The Kier molecular flexibility index (Phi) is 50.6. The van der Waals surface area contributed by atoms with Gasteiger partial charge in [-0.25, -0.2) is 0 Å². The summed E-state index contributed by atoms with van der Waals surface area (Å²) in [4.78, 5) is 0. The van der Waals surface area contributed by atoms with Crippen LogP contribution in [-0.2, 0) is 26.2 Å². The van der Waals surface area contributed by atoms with Crippen molar-refractivity contribution >= 4 is 29.2 Å². The van der Waals surface area contributed by atoms with E-state index in [4.69, 9.17) is 20.0 Å². The Morgan fingerprint density at radius 1 is 1.10 bits per heavy atom. The van der Waals surface area contributed by atoms with Gasteiger partial charge in [0.2, 0.25) is 0 Å². The molecule has 4 nitrogen and oxygen atoms in total. The van der Waals surface area contributed by atoms with E-state index in [0.29, 0.717) is 0 Å². The summed E-state index contributed by atoms with van der Waals surface area (Å²) in [5.74, 6) is 0. The van der Waals surface area contributed by atoms with Crippen LogP contribution in [0.15, 0.2) is 0 Å². The zero-order valence-electron chi connectivity index (χ0n) is 5.24. The third-order valence-electron chi connectivity index (χ3n) is 0.421. The molecule has 0 fully saturated rings. The van der Waals surface area contributed by atoms with E-state index in [0.717, 1.165) is 0 Å². The predicted molar refractivity (Wildman–Crippen MR) is 34.0 cm³/mol. The Morgan fingerprint density at radius 3 is 1.30 bits per heavy atom. The maximum Gasteiger partial charge on any atom is 0.100 e. The number of rotatable bonds is 2. The molecular weight excluding hydrogens is 254 g/mol. The smallest absolute Gasteiger partial charge is 0.100 e. The van der Waals surface area contributed by atoms with Gasteiger partial charge in [-0.05, 0) is 0 Å². The van der Waals surface area contributed by atoms with E-state index in [-0.39, 0.29) is 56.8 Å². The van der Waals surface area contributed by atoms with Crippen molar-refractivity contribution in [2.75, 3.05) is 13.2 Å². The topological polar surface area (TPSA) is 80.9 Å². The van der Waals surface area contributed by atoms with Crippen molar-refractivity contribution in [2.24, 2.45) is 0 Å². The van der Waals surface area contributed by atoms with Gasteiger partial charge in [-0.1, -0.05) is 0 Å². The molecule has 0 amide bonds. The SMILES string of the molecule is OCC(O)CO.OCl.[Al].[Zr]. The minimum absolute atomic E-state index is 0. The molecule has 3 radical (unpaired) electrons. The first kappa shape index (κ1) is 22.6. The van der Waals surface area contributed by atoms with Crippen LogP contribution in [0.4, 0.5) is 0 Å². The van der Waals surface area contributed by atoms with Crippen molar-refractivity contribution in [3.8, 4) is 0 Å². The zero-order chi connectivity index (χ0) is 6.99. The van der Waals surface area contributed by atoms with Crippen molar-refractivity contribution in [3.63, 3.8) is 0 Å². The normalized spacial score (nSPS) is 6.60. The Balaban J connectivity index is -0.0000000412. The van der Waals surface area contributed by atoms with Crippen LogP contribution in [0.25, 0.3) is 0 Å². The van der Waals surface area contributed by atoms with Gasteiger partial charge in [0, 0.05) is 43.6 Å². The van der Waals surface area contributed by atoms with Crippen LogP contribution in [0.5, 0.6) is 0 Å². The average molecular weight is 263 g/mol. The first-order chi connectivity index (χ1) is 3.81. The van der Waals surface area contributed by atoms with E-state index in [1.807, 2.05) is 0 Å². The Bertz CT molecular complexity index is 39.7. The second kappa shape index (κ2) is 22.4. The second-order valence-corrected chi connectivity index (χ2v) is 1.02. The van der Waals surface area contributed by atoms with E-state index >= 15 is 0 Å². The Morgan fingerprint density at radius 2 is 1.30 bits per heavy atom. The van der Waals surface area contributed by atoms with Crippen LogP contribution >= 0.6 is 11.9 Å². The summed E-state index contributed by atoms with van der Waals surface area (Å²) in [6, 6.07) is 0. The van der Waals surface area contributed by atoms with Crippen LogP contribution in [0.2, 0.25) is 0 Å². The number of aliphatic hydroxyl groups is 3. The fourth-order valence-corrected chi connectivity index (χ4v) is 0.0577. The molecule has 10 heavy (non-hydrogen) atoms. The molecule has 4 N–H and O–H groups in total. The van der Waals surface area contributed by atoms with Gasteiger partial charge in [-0.3, -0.25) is 4.66 Å². The van der Waals surface area contributed by atoms with Crippen LogP contribution < -0.4 is 0 Å². The van der Waals surface area contributed by atoms with Crippen LogP contribution in [0, 0.1) is 0 Å². The van der Waals surface area contributed by atoms with Gasteiger partial charge in [0.25, 0.3) is 0 Å². The third-order valence-corrected chi connectivity index (χ3v) is 0.421. The fraction of sp³-hybridized carbons (Fsp3) is 1.00. The molecular formula is C3H9AlClO4Zr. The largest absolute Gasteiger partial charge is 0.394 e. The van der Waals surface area contributed by atoms with Gasteiger partial charge < -0.3 is 15.3 Å². The Hall–Kier alpha value is 1.55. The molecule has 0 unspecified atom stereocenters. The van der Waals surface area contributed by atoms with E-state index < -0.39 is 6.10 Å². The van der Waals surface area contributed by atoms with Crippen molar-refractivity contribution in [1.82, 2.24) is 0 Å². The quantitative estimate of drug-likeness (QED) is 0.438. The van der Waals surface area contributed by atoms with Crippen molar-refractivity contribution < 1.29 is 46.2 Å². The summed E-state index contributed by atoms with van der Waals surface area (Å²) in [5, 5.41) is 24.0. The van der Waals surface area contributed by atoms with Gasteiger partial charge in [-0.15, -0.1) is 0 Å². The van der Waals surface area contributed by atoms with E-state index in [1.54, 1.807) is 0 Å². The summed E-state index contributed by atoms with van der Waals surface area (Å²) < 4.78 is 6.47.